The van der Waals surface area contributed by atoms with Gasteiger partial charge in [0, 0.05) is 31.3 Å². The van der Waals surface area contributed by atoms with Crippen molar-refractivity contribution >= 4 is 10.8 Å². The first-order chi connectivity index (χ1) is 21.2. The number of aliphatic hydroxyl groups excluding tert-OH is 2. The van der Waals surface area contributed by atoms with Gasteiger partial charge in [-0.2, -0.15) is 0 Å². The van der Waals surface area contributed by atoms with Crippen molar-refractivity contribution < 1.29 is 29.2 Å². The Bertz CT molecular complexity index is 1370. The number of ether oxygens (including phenoxy) is 4. The number of hydrogen-bond donors (Lipinski definition) is 3. The minimum atomic E-state index is -0.880. The van der Waals surface area contributed by atoms with Gasteiger partial charge < -0.3 is 34.5 Å². The van der Waals surface area contributed by atoms with Crippen LogP contribution in [-0.2, 0) is 27.4 Å². The first-order valence-corrected chi connectivity index (χ1v) is 15.2. The van der Waals surface area contributed by atoms with Crippen LogP contribution in [0.3, 0.4) is 0 Å². The highest BCUT2D eigenvalue weighted by atomic mass is 16.5. The number of rotatable bonds is 16. The quantitative estimate of drug-likeness (QED) is 0.158. The number of nitrogens with one attached hydrogen (secondary N) is 1. The van der Waals surface area contributed by atoms with E-state index in [1.54, 1.807) is 0 Å². The molecule has 5 rings (SSSR count). The summed E-state index contributed by atoms with van der Waals surface area (Å²) in [5, 5.41) is 24.9. The van der Waals surface area contributed by atoms with Gasteiger partial charge in [-0.15, -0.1) is 0 Å². The summed E-state index contributed by atoms with van der Waals surface area (Å²) >= 11 is 0. The van der Waals surface area contributed by atoms with Gasteiger partial charge in [-0.3, -0.25) is 0 Å². The second-order valence-corrected chi connectivity index (χ2v) is 11.2. The summed E-state index contributed by atoms with van der Waals surface area (Å²) in [6.07, 6.45) is -0.132. The van der Waals surface area contributed by atoms with Crippen LogP contribution in [0.5, 0.6) is 5.75 Å². The minimum absolute atomic E-state index is 0.0647. The largest absolute Gasteiger partial charge is 0.494 e. The van der Waals surface area contributed by atoms with E-state index in [2.05, 4.69) is 72.0 Å². The van der Waals surface area contributed by atoms with E-state index in [4.69, 9.17) is 18.9 Å². The summed E-state index contributed by atoms with van der Waals surface area (Å²) in [6, 6.07) is 33.3. The molecule has 1 aliphatic rings. The Morgan fingerprint density at radius 3 is 2.37 bits per heavy atom. The molecule has 7 heteroatoms. The van der Waals surface area contributed by atoms with E-state index in [1.165, 1.54) is 21.9 Å². The Labute approximate surface area is 254 Å². The third-order valence-corrected chi connectivity index (χ3v) is 7.87. The summed E-state index contributed by atoms with van der Waals surface area (Å²) in [7, 11) is 0. The zero-order chi connectivity index (χ0) is 29.7. The number of hydrogen-bond acceptors (Lipinski definition) is 7. The molecule has 1 heterocycles. The Kier molecular flexibility index (Phi) is 12.0. The van der Waals surface area contributed by atoms with Gasteiger partial charge in [0.25, 0.3) is 0 Å². The molecule has 228 valence electrons. The van der Waals surface area contributed by atoms with Crippen molar-refractivity contribution in [2.45, 2.75) is 37.8 Å². The van der Waals surface area contributed by atoms with Crippen molar-refractivity contribution in [3.8, 4) is 5.75 Å². The fraction of sp³-hybridized carbons (Fsp3) is 0.389. The molecule has 4 aromatic carbocycles. The minimum Gasteiger partial charge on any atom is -0.494 e. The number of aliphatic hydroxyl groups is 2. The van der Waals surface area contributed by atoms with E-state index in [0.717, 1.165) is 30.8 Å². The van der Waals surface area contributed by atoms with Crippen LogP contribution in [0.15, 0.2) is 97.1 Å². The lowest BCUT2D eigenvalue weighted by atomic mass is 9.79. The molecular weight excluding hydrogens is 542 g/mol. The Hall–Kier alpha value is -3.30. The van der Waals surface area contributed by atoms with E-state index >= 15 is 0 Å². The fourth-order valence-corrected chi connectivity index (χ4v) is 5.62. The molecule has 7 nitrogen and oxygen atoms in total. The summed E-state index contributed by atoms with van der Waals surface area (Å²) in [5.41, 5.74) is 3.47. The predicted octanol–water partition coefficient (Wildman–Crippen LogP) is 5.08. The molecule has 4 atom stereocenters. The first kappa shape index (κ1) is 31.1. The van der Waals surface area contributed by atoms with Crippen LogP contribution >= 0.6 is 0 Å². The standard InChI is InChI=1S/C36H43NO6/c38-22-33(39)26-41-25-32-20-37-21-35(43-24-28-11-12-29-9-4-5-10-31(29)19-28)36(32)30-13-15-34(16-14-30)42-18-6-17-40-23-27-7-2-1-3-8-27/h1-5,7-16,19,32-33,35-39H,6,17-18,20-26H2/t32-,33-,35-,36-/m0/s1. The normalized spacial score (nSPS) is 19.3. The summed E-state index contributed by atoms with van der Waals surface area (Å²) in [4.78, 5) is 0. The summed E-state index contributed by atoms with van der Waals surface area (Å²) in [5.74, 6) is 1.05. The number of piperidine rings is 1. The number of fused-ring (bicyclic) bond motifs is 1. The van der Waals surface area contributed by atoms with Crippen LogP contribution in [0.25, 0.3) is 10.8 Å². The van der Waals surface area contributed by atoms with Crippen molar-refractivity contribution in [2.75, 3.05) is 46.1 Å². The molecule has 3 N–H and O–H groups in total. The molecule has 4 aromatic rings. The van der Waals surface area contributed by atoms with Gasteiger partial charge in [0.1, 0.15) is 11.9 Å². The van der Waals surface area contributed by atoms with Crippen LogP contribution in [0.4, 0.5) is 0 Å². The maximum atomic E-state index is 9.77. The van der Waals surface area contributed by atoms with E-state index in [1.807, 2.05) is 30.3 Å². The lowest BCUT2D eigenvalue weighted by Gasteiger charge is -2.39. The second-order valence-electron chi connectivity index (χ2n) is 11.2. The van der Waals surface area contributed by atoms with Crippen LogP contribution < -0.4 is 10.1 Å². The fourth-order valence-electron chi connectivity index (χ4n) is 5.62. The van der Waals surface area contributed by atoms with Crippen molar-refractivity contribution in [2.24, 2.45) is 5.92 Å². The van der Waals surface area contributed by atoms with Crippen molar-refractivity contribution in [3.05, 3.63) is 114 Å². The predicted molar refractivity (Wildman–Crippen MR) is 168 cm³/mol. The van der Waals surface area contributed by atoms with E-state index in [0.29, 0.717) is 33.0 Å². The molecule has 1 aliphatic heterocycles. The zero-order valence-electron chi connectivity index (χ0n) is 24.6. The highest BCUT2D eigenvalue weighted by molar-refractivity contribution is 5.82. The van der Waals surface area contributed by atoms with Crippen LogP contribution in [0.1, 0.15) is 29.0 Å². The molecule has 0 radical (unpaired) electrons. The van der Waals surface area contributed by atoms with Crippen LogP contribution in [0.2, 0.25) is 0 Å². The third kappa shape index (κ3) is 9.34. The van der Waals surface area contributed by atoms with Gasteiger partial charge in [0.2, 0.25) is 0 Å². The SMILES string of the molecule is OC[C@H](O)COC[C@@H]1CNC[C@H](OCc2ccc3ccccc3c2)[C@H]1c1ccc(OCCCOCc2ccccc2)cc1. The summed E-state index contributed by atoms with van der Waals surface area (Å²) < 4.78 is 24.2. The van der Waals surface area contributed by atoms with Gasteiger partial charge in [-0.25, -0.2) is 0 Å². The maximum Gasteiger partial charge on any atom is 0.119 e. The average molecular weight is 586 g/mol. The third-order valence-electron chi connectivity index (χ3n) is 7.87. The van der Waals surface area contributed by atoms with Crippen molar-refractivity contribution in [1.82, 2.24) is 5.32 Å². The Balaban J connectivity index is 1.19. The van der Waals surface area contributed by atoms with Gasteiger partial charge in [0.05, 0.1) is 52.4 Å². The first-order valence-electron chi connectivity index (χ1n) is 15.2. The van der Waals surface area contributed by atoms with Crippen molar-refractivity contribution in [1.29, 1.82) is 0 Å². The van der Waals surface area contributed by atoms with Gasteiger partial charge in [-0.05, 0) is 45.7 Å². The maximum absolute atomic E-state index is 9.77. The monoisotopic (exact) mass is 585 g/mol. The average Bonchev–Trinajstić information content (AvgIpc) is 3.06. The Morgan fingerprint density at radius 2 is 1.56 bits per heavy atom. The topological polar surface area (TPSA) is 89.4 Å². The highest BCUT2D eigenvalue weighted by Gasteiger charge is 2.35. The van der Waals surface area contributed by atoms with E-state index in [-0.39, 0.29) is 31.2 Å². The van der Waals surface area contributed by atoms with Gasteiger partial charge >= 0.3 is 0 Å². The van der Waals surface area contributed by atoms with E-state index in [9.17, 15) is 10.2 Å². The highest BCUT2D eigenvalue weighted by Crippen LogP contribution is 2.34. The molecular formula is C36H43NO6. The molecule has 0 aliphatic carbocycles. The van der Waals surface area contributed by atoms with Crippen molar-refractivity contribution in [3.63, 3.8) is 0 Å². The van der Waals surface area contributed by atoms with E-state index < -0.39 is 6.10 Å². The lowest BCUT2D eigenvalue weighted by Crippen LogP contribution is -2.48. The molecule has 0 saturated carbocycles. The molecule has 0 unspecified atom stereocenters. The molecule has 0 spiro atoms. The molecule has 1 fully saturated rings. The molecule has 0 bridgehead atoms. The molecule has 1 saturated heterocycles. The van der Waals surface area contributed by atoms with Crippen LogP contribution in [0, 0.1) is 5.92 Å². The van der Waals surface area contributed by atoms with Gasteiger partial charge in [-0.1, -0.05) is 78.9 Å². The Morgan fingerprint density at radius 1 is 0.767 bits per heavy atom. The summed E-state index contributed by atoms with van der Waals surface area (Å²) in [6.45, 7) is 4.10. The smallest absolute Gasteiger partial charge is 0.119 e. The second kappa shape index (κ2) is 16.5. The molecule has 0 amide bonds. The molecule has 0 aromatic heterocycles. The molecule has 43 heavy (non-hydrogen) atoms. The zero-order valence-corrected chi connectivity index (χ0v) is 24.6. The van der Waals surface area contributed by atoms with Gasteiger partial charge in [0.15, 0.2) is 0 Å². The van der Waals surface area contributed by atoms with Crippen LogP contribution in [-0.4, -0.2) is 68.5 Å². The number of benzene rings is 4. The lowest BCUT2D eigenvalue weighted by molar-refractivity contribution is -0.0416.